The number of aliphatic hydroxyl groups excluding tert-OH is 1. The molecule has 5 rings (SSSR count). The van der Waals surface area contributed by atoms with Gasteiger partial charge in [-0.05, 0) is 30.5 Å². The van der Waals surface area contributed by atoms with Crippen LogP contribution in [0.5, 0.6) is 0 Å². The van der Waals surface area contributed by atoms with Crippen molar-refractivity contribution in [3.05, 3.63) is 48.4 Å². The van der Waals surface area contributed by atoms with Gasteiger partial charge in [-0.3, -0.25) is 5.32 Å². The van der Waals surface area contributed by atoms with Crippen molar-refractivity contribution in [1.82, 2.24) is 19.7 Å². The lowest BCUT2D eigenvalue weighted by Crippen LogP contribution is -2.20. The molecule has 2 amide bonds. The van der Waals surface area contributed by atoms with Gasteiger partial charge in [0.2, 0.25) is 0 Å². The average Bonchev–Trinajstić information content (AvgIpc) is 3.19. The second-order valence-corrected chi connectivity index (χ2v) is 8.33. The highest BCUT2D eigenvalue weighted by molar-refractivity contribution is 6.02. The van der Waals surface area contributed by atoms with Crippen LogP contribution in [0.1, 0.15) is 25.5 Å². The molecule has 0 spiro atoms. The van der Waals surface area contributed by atoms with Crippen molar-refractivity contribution in [3.63, 3.8) is 0 Å². The van der Waals surface area contributed by atoms with Gasteiger partial charge in [-0.25, -0.2) is 19.2 Å². The molecular weight excluding hydrogens is 429 g/mol. The number of nitrogens with two attached hydrogens (primary N) is 1. The Morgan fingerprint density at radius 3 is 2.85 bits per heavy atom. The Bertz CT molecular complexity index is 1360. The number of fused-ring (bicyclic) bond motifs is 1. The van der Waals surface area contributed by atoms with Crippen LogP contribution in [0, 0.1) is 5.82 Å². The van der Waals surface area contributed by atoms with Gasteiger partial charge in [0.1, 0.15) is 29.4 Å². The number of urea groups is 1. The zero-order valence-corrected chi connectivity index (χ0v) is 17.8. The summed E-state index contributed by atoms with van der Waals surface area (Å²) in [6.45, 7) is 2.28. The summed E-state index contributed by atoms with van der Waals surface area (Å²) in [4.78, 5) is 20.6. The van der Waals surface area contributed by atoms with Gasteiger partial charge in [-0.1, -0.05) is 18.1 Å². The number of nitrogens with zero attached hydrogens (tertiary/aromatic N) is 4. The minimum absolute atomic E-state index is 0.00237. The predicted molar refractivity (Wildman–Crippen MR) is 120 cm³/mol. The number of carbonyl (C=O) groups excluding carboxylic acids is 1. The molecule has 3 heterocycles. The highest BCUT2D eigenvalue weighted by Crippen LogP contribution is 2.48. The van der Waals surface area contributed by atoms with E-state index in [1.165, 1.54) is 18.5 Å². The first-order chi connectivity index (χ1) is 15.9. The predicted octanol–water partition coefficient (Wildman–Crippen LogP) is 3.50. The van der Waals surface area contributed by atoms with Crippen LogP contribution in [0.2, 0.25) is 0 Å². The minimum atomic E-state index is -0.639. The summed E-state index contributed by atoms with van der Waals surface area (Å²) in [6.07, 6.45) is 5.11. The molecule has 0 saturated heterocycles. The molecule has 4 aromatic rings. The number of halogens is 1. The number of rotatable bonds is 6. The van der Waals surface area contributed by atoms with Crippen molar-refractivity contribution in [2.45, 2.75) is 31.7 Å². The van der Waals surface area contributed by atoms with E-state index in [-0.39, 0.29) is 29.3 Å². The molecule has 0 radical (unpaired) electrons. The molecule has 1 fully saturated rings. The molecule has 33 heavy (non-hydrogen) atoms. The number of aromatic nitrogens is 4. The highest BCUT2D eigenvalue weighted by Gasteiger charge is 2.43. The van der Waals surface area contributed by atoms with Crippen molar-refractivity contribution in [1.29, 1.82) is 0 Å². The molecule has 3 aromatic heterocycles. The van der Waals surface area contributed by atoms with Crippen molar-refractivity contribution in [2.75, 3.05) is 23.0 Å². The molecule has 5 N–H and O–H groups in total. The van der Waals surface area contributed by atoms with E-state index in [4.69, 9.17) is 10.3 Å². The fourth-order valence-electron chi connectivity index (χ4n) is 3.75. The van der Waals surface area contributed by atoms with E-state index >= 15 is 0 Å². The number of carbonyl (C=O) groups is 1. The van der Waals surface area contributed by atoms with Crippen LogP contribution in [0.3, 0.4) is 0 Å². The van der Waals surface area contributed by atoms with E-state index < -0.39 is 11.8 Å². The SMILES string of the molecule is CC1(c2cc(NC(=O)Nc3ccc(-c4cn(CCO)c5ncnc(N)c45)cc3F)no2)CC1. The van der Waals surface area contributed by atoms with Gasteiger partial charge in [0, 0.05) is 29.8 Å². The van der Waals surface area contributed by atoms with Crippen LogP contribution < -0.4 is 16.4 Å². The molecule has 1 aliphatic rings. The Morgan fingerprint density at radius 1 is 1.30 bits per heavy atom. The summed E-state index contributed by atoms with van der Waals surface area (Å²) < 4.78 is 21.9. The normalized spacial score (nSPS) is 14.4. The Labute approximate surface area is 187 Å². The molecule has 0 atom stereocenters. The molecule has 11 heteroatoms. The van der Waals surface area contributed by atoms with Gasteiger partial charge in [0.15, 0.2) is 5.82 Å². The molecule has 0 bridgehead atoms. The Morgan fingerprint density at radius 2 is 2.12 bits per heavy atom. The second kappa shape index (κ2) is 7.85. The summed E-state index contributed by atoms with van der Waals surface area (Å²) in [6, 6.07) is 5.45. The molecule has 1 saturated carbocycles. The van der Waals surface area contributed by atoms with Crippen molar-refractivity contribution < 1.29 is 18.8 Å². The van der Waals surface area contributed by atoms with Gasteiger partial charge in [-0.15, -0.1) is 0 Å². The molecule has 1 aliphatic carbocycles. The summed E-state index contributed by atoms with van der Waals surface area (Å²) in [5, 5.41) is 18.8. The summed E-state index contributed by atoms with van der Waals surface area (Å²) in [5.41, 5.74) is 7.72. The monoisotopic (exact) mass is 451 g/mol. The van der Waals surface area contributed by atoms with E-state index in [1.54, 1.807) is 22.9 Å². The van der Waals surface area contributed by atoms with Gasteiger partial charge in [0.05, 0.1) is 17.7 Å². The lowest BCUT2D eigenvalue weighted by atomic mass is 10.1. The van der Waals surface area contributed by atoms with Gasteiger partial charge in [-0.2, -0.15) is 0 Å². The molecule has 170 valence electrons. The maximum Gasteiger partial charge on any atom is 0.325 e. The maximum atomic E-state index is 14.9. The molecule has 1 aromatic carbocycles. The fourth-order valence-corrected chi connectivity index (χ4v) is 3.75. The molecular formula is C22H22FN7O3. The van der Waals surface area contributed by atoms with Crippen LogP contribution in [0.25, 0.3) is 22.2 Å². The number of aliphatic hydroxyl groups is 1. The van der Waals surface area contributed by atoms with Crippen LogP contribution in [-0.4, -0.2) is 37.4 Å². The lowest BCUT2D eigenvalue weighted by Gasteiger charge is -2.08. The average molecular weight is 451 g/mol. The highest BCUT2D eigenvalue weighted by atomic mass is 19.1. The summed E-state index contributed by atoms with van der Waals surface area (Å²) in [5.74, 6) is 0.602. The van der Waals surface area contributed by atoms with Gasteiger partial charge < -0.3 is 25.2 Å². The largest absolute Gasteiger partial charge is 0.395 e. The third-order valence-electron chi connectivity index (χ3n) is 5.90. The van der Waals surface area contributed by atoms with E-state index in [0.717, 1.165) is 18.6 Å². The number of anilines is 3. The molecule has 0 unspecified atom stereocenters. The Balaban J connectivity index is 1.37. The second-order valence-electron chi connectivity index (χ2n) is 8.33. The number of nitrogen functional groups attached to an aromatic ring is 1. The topological polar surface area (TPSA) is 144 Å². The fraction of sp³-hybridized carbons (Fsp3) is 0.273. The number of amides is 2. The number of nitrogens with one attached hydrogen (secondary N) is 2. The molecule has 10 nitrogen and oxygen atoms in total. The standard InChI is InChI=1S/C22H22FN7O3/c1-22(4-5-22)16-9-17(29-33-16)28-21(32)27-15-3-2-12(8-14(15)23)13-10-30(6-7-31)20-18(13)19(24)25-11-26-20/h2-3,8-11,31H,4-7H2,1H3,(H2,24,25,26)(H2,27,28,29,32). The van der Waals surface area contributed by atoms with E-state index in [9.17, 15) is 14.3 Å². The number of benzene rings is 1. The van der Waals surface area contributed by atoms with Crippen LogP contribution >= 0.6 is 0 Å². The summed E-state index contributed by atoms with van der Waals surface area (Å²) in [7, 11) is 0. The number of hydrogen-bond donors (Lipinski definition) is 4. The van der Waals surface area contributed by atoms with Crippen molar-refractivity contribution in [3.8, 4) is 11.1 Å². The van der Waals surface area contributed by atoms with Gasteiger partial charge >= 0.3 is 6.03 Å². The first-order valence-electron chi connectivity index (χ1n) is 10.4. The first-order valence-corrected chi connectivity index (χ1v) is 10.4. The van der Waals surface area contributed by atoms with Crippen LogP contribution in [0.15, 0.2) is 41.3 Å². The van der Waals surface area contributed by atoms with E-state index in [1.807, 2.05) is 0 Å². The Hall–Kier alpha value is -3.99. The maximum absolute atomic E-state index is 14.9. The smallest absolute Gasteiger partial charge is 0.325 e. The summed E-state index contributed by atoms with van der Waals surface area (Å²) >= 11 is 0. The van der Waals surface area contributed by atoms with E-state index in [2.05, 4.69) is 32.7 Å². The zero-order valence-electron chi connectivity index (χ0n) is 17.8. The zero-order chi connectivity index (χ0) is 23.2. The minimum Gasteiger partial charge on any atom is -0.395 e. The van der Waals surface area contributed by atoms with Crippen LogP contribution in [-0.2, 0) is 12.0 Å². The third kappa shape index (κ3) is 3.87. The van der Waals surface area contributed by atoms with E-state index in [0.29, 0.717) is 28.7 Å². The quantitative estimate of drug-likeness (QED) is 0.351. The van der Waals surface area contributed by atoms with Crippen molar-refractivity contribution >= 4 is 34.4 Å². The first kappa shape index (κ1) is 20.9. The van der Waals surface area contributed by atoms with Gasteiger partial charge in [0.25, 0.3) is 0 Å². The van der Waals surface area contributed by atoms with Crippen molar-refractivity contribution in [2.24, 2.45) is 0 Å². The van der Waals surface area contributed by atoms with Crippen LogP contribution in [0.4, 0.5) is 26.5 Å². The number of hydrogen-bond acceptors (Lipinski definition) is 7. The molecule has 0 aliphatic heterocycles. The Kier molecular flexibility index (Phi) is 4.97. The lowest BCUT2D eigenvalue weighted by molar-refractivity contribution is 0.261. The third-order valence-corrected chi connectivity index (χ3v) is 5.90.